The van der Waals surface area contributed by atoms with Gasteiger partial charge in [0.1, 0.15) is 0 Å². The third-order valence-electron chi connectivity index (χ3n) is 2.19. The third-order valence-corrected chi connectivity index (χ3v) is 4.67. The number of rotatable bonds is 3. The zero-order valence-electron chi connectivity index (χ0n) is 8.02. The Morgan fingerprint density at radius 1 is 1.21 bits per heavy atom. The number of benzene rings is 1. The first-order valence-corrected chi connectivity index (χ1v) is 7.34. The van der Waals surface area contributed by atoms with Crippen molar-refractivity contribution in [3.8, 4) is 0 Å². The van der Waals surface area contributed by atoms with Gasteiger partial charge in [0, 0.05) is 11.5 Å². The van der Waals surface area contributed by atoms with Crippen molar-refractivity contribution in [2.75, 3.05) is 11.5 Å². The average Bonchev–Trinajstić information content (AvgIpc) is 2.29. The molecule has 76 valence electrons. The molecule has 3 heteroatoms. The minimum atomic E-state index is 0.460. The Labute approximate surface area is 93.0 Å². The summed E-state index contributed by atoms with van der Waals surface area (Å²) in [4.78, 5) is 0. The monoisotopic (exact) mass is 226 g/mol. The molecular formula is C11H14OS2. The maximum atomic E-state index is 5.83. The minimum absolute atomic E-state index is 0.460. The van der Waals surface area contributed by atoms with Gasteiger partial charge in [0.15, 0.2) is 0 Å². The SMILES string of the molecule is c1ccc(CO[C@H]2CCSSC2)cc1. The summed E-state index contributed by atoms with van der Waals surface area (Å²) in [5.74, 6) is 2.36. The highest BCUT2D eigenvalue weighted by molar-refractivity contribution is 8.76. The second kappa shape index (κ2) is 5.69. The largest absolute Gasteiger partial charge is 0.373 e. The number of hydrogen-bond donors (Lipinski definition) is 0. The van der Waals surface area contributed by atoms with Gasteiger partial charge in [0.2, 0.25) is 0 Å². The summed E-state index contributed by atoms with van der Waals surface area (Å²) in [6, 6.07) is 10.4. The molecule has 0 amide bonds. The Morgan fingerprint density at radius 2 is 2.07 bits per heavy atom. The second-order valence-corrected chi connectivity index (χ2v) is 5.94. The molecule has 0 radical (unpaired) electrons. The van der Waals surface area contributed by atoms with Gasteiger partial charge in [-0.3, -0.25) is 0 Å². The van der Waals surface area contributed by atoms with E-state index in [2.05, 4.69) is 24.3 Å². The van der Waals surface area contributed by atoms with Crippen LogP contribution in [0.5, 0.6) is 0 Å². The molecule has 1 aromatic rings. The zero-order valence-corrected chi connectivity index (χ0v) is 9.65. The van der Waals surface area contributed by atoms with Crippen LogP contribution in [0.2, 0.25) is 0 Å². The van der Waals surface area contributed by atoms with Gasteiger partial charge in [0.25, 0.3) is 0 Å². The molecule has 1 saturated heterocycles. The van der Waals surface area contributed by atoms with Crippen LogP contribution in [-0.4, -0.2) is 17.6 Å². The summed E-state index contributed by atoms with van der Waals surface area (Å²) in [5, 5.41) is 0. The molecule has 0 spiro atoms. The lowest BCUT2D eigenvalue weighted by atomic mass is 10.2. The molecule has 14 heavy (non-hydrogen) atoms. The lowest BCUT2D eigenvalue weighted by Gasteiger charge is -2.21. The molecule has 0 unspecified atom stereocenters. The van der Waals surface area contributed by atoms with Crippen molar-refractivity contribution < 1.29 is 4.74 Å². The third kappa shape index (κ3) is 3.23. The van der Waals surface area contributed by atoms with E-state index in [-0.39, 0.29) is 0 Å². The molecule has 1 fully saturated rings. The lowest BCUT2D eigenvalue weighted by molar-refractivity contribution is 0.0545. The Balaban J connectivity index is 1.76. The fourth-order valence-electron chi connectivity index (χ4n) is 1.37. The summed E-state index contributed by atoms with van der Waals surface area (Å²) in [6.45, 7) is 0.761. The van der Waals surface area contributed by atoms with Crippen LogP contribution in [-0.2, 0) is 11.3 Å². The molecule has 1 aliphatic rings. The van der Waals surface area contributed by atoms with Crippen molar-refractivity contribution in [2.24, 2.45) is 0 Å². The number of ether oxygens (including phenoxy) is 1. The van der Waals surface area contributed by atoms with Crippen molar-refractivity contribution in [3.05, 3.63) is 35.9 Å². The molecule has 1 nitrogen and oxygen atoms in total. The van der Waals surface area contributed by atoms with Crippen LogP contribution in [0.4, 0.5) is 0 Å². The minimum Gasteiger partial charge on any atom is -0.373 e. The summed E-state index contributed by atoms with van der Waals surface area (Å²) in [6.07, 6.45) is 1.66. The van der Waals surface area contributed by atoms with Crippen molar-refractivity contribution in [3.63, 3.8) is 0 Å². The molecule has 0 aliphatic carbocycles. The Bertz CT molecular complexity index is 257. The Morgan fingerprint density at radius 3 is 2.79 bits per heavy atom. The highest BCUT2D eigenvalue weighted by Crippen LogP contribution is 2.30. The fraction of sp³-hybridized carbons (Fsp3) is 0.455. The van der Waals surface area contributed by atoms with Gasteiger partial charge in [0.05, 0.1) is 12.7 Å². The zero-order chi connectivity index (χ0) is 9.64. The van der Waals surface area contributed by atoms with E-state index in [1.807, 2.05) is 27.7 Å². The van der Waals surface area contributed by atoms with Gasteiger partial charge < -0.3 is 4.74 Å². The molecule has 0 N–H and O–H groups in total. The first kappa shape index (κ1) is 10.4. The van der Waals surface area contributed by atoms with Crippen LogP contribution in [0, 0.1) is 0 Å². The van der Waals surface area contributed by atoms with E-state index >= 15 is 0 Å². The van der Waals surface area contributed by atoms with Crippen LogP contribution in [0.15, 0.2) is 30.3 Å². The normalized spacial score (nSPS) is 22.1. The highest BCUT2D eigenvalue weighted by Gasteiger charge is 2.14. The molecule has 1 aliphatic heterocycles. The van der Waals surface area contributed by atoms with E-state index in [0.29, 0.717) is 6.10 Å². The van der Waals surface area contributed by atoms with E-state index < -0.39 is 0 Å². The van der Waals surface area contributed by atoms with Crippen molar-refractivity contribution >= 4 is 21.6 Å². The van der Waals surface area contributed by atoms with Gasteiger partial charge in [-0.05, 0) is 12.0 Å². The van der Waals surface area contributed by atoms with Gasteiger partial charge in [-0.1, -0.05) is 51.9 Å². The van der Waals surface area contributed by atoms with Gasteiger partial charge in [-0.25, -0.2) is 0 Å². The van der Waals surface area contributed by atoms with Crippen molar-refractivity contribution in [1.29, 1.82) is 0 Å². The van der Waals surface area contributed by atoms with Gasteiger partial charge in [-0.15, -0.1) is 0 Å². The average molecular weight is 226 g/mol. The molecule has 0 bridgehead atoms. The topological polar surface area (TPSA) is 9.23 Å². The van der Waals surface area contributed by atoms with E-state index in [1.54, 1.807) is 0 Å². The number of hydrogen-bond acceptors (Lipinski definition) is 3. The fourth-order valence-corrected chi connectivity index (χ4v) is 3.74. The summed E-state index contributed by atoms with van der Waals surface area (Å²) >= 11 is 0. The summed E-state index contributed by atoms with van der Waals surface area (Å²) in [7, 11) is 3.89. The molecule has 0 aromatic heterocycles. The van der Waals surface area contributed by atoms with E-state index in [9.17, 15) is 0 Å². The van der Waals surface area contributed by atoms with Crippen LogP contribution < -0.4 is 0 Å². The van der Waals surface area contributed by atoms with Gasteiger partial charge >= 0.3 is 0 Å². The van der Waals surface area contributed by atoms with E-state index in [1.165, 1.54) is 17.7 Å². The van der Waals surface area contributed by atoms with E-state index in [0.717, 1.165) is 12.4 Å². The van der Waals surface area contributed by atoms with Crippen LogP contribution in [0.1, 0.15) is 12.0 Å². The predicted octanol–water partition coefficient (Wildman–Crippen LogP) is 3.36. The quantitative estimate of drug-likeness (QED) is 0.731. The first-order valence-electron chi connectivity index (χ1n) is 4.85. The van der Waals surface area contributed by atoms with Crippen LogP contribution in [0.25, 0.3) is 0 Å². The Kier molecular flexibility index (Phi) is 4.22. The molecular weight excluding hydrogens is 212 g/mol. The molecule has 1 atom stereocenters. The molecule has 1 heterocycles. The standard InChI is InChI=1S/C11H14OS2/c1-2-4-10(5-3-1)8-12-11-6-7-13-14-9-11/h1-5,11H,6-9H2/t11-/m0/s1. The van der Waals surface area contributed by atoms with Gasteiger partial charge in [-0.2, -0.15) is 0 Å². The summed E-state index contributed by atoms with van der Waals surface area (Å²) < 4.78 is 5.83. The molecule has 2 rings (SSSR count). The maximum absolute atomic E-state index is 5.83. The highest BCUT2D eigenvalue weighted by atomic mass is 33.1. The molecule has 0 saturated carbocycles. The second-order valence-electron chi connectivity index (χ2n) is 3.31. The Hall–Kier alpha value is -0.120. The van der Waals surface area contributed by atoms with Crippen molar-refractivity contribution in [2.45, 2.75) is 19.1 Å². The predicted molar refractivity (Wildman–Crippen MR) is 64.6 cm³/mol. The first-order chi connectivity index (χ1) is 6.95. The van der Waals surface area contributed by atoms with Crippen LogP contribution in [0.3, 0.4) is 0 Å². The van der Waals surface area contributed by atoms with E-state index in [4.69, 9.17) is 4.74 Å². The van der Waals surface area contributed by atoms with Crippen molar-refractivity contribution in [1.82, 2.24) is 0 Å². The molecule has 1 aromatic carbocycles. The smallest absolute Gasteiger partial charge is 0.0721 e. The summed E-state index contributed by atoms with van der Waals surface area (Å²) in [5.41, 5.74) is 1.27. The van der Waals surface area contributed by atoms with Crippen LogP contribution >= 0.6 is 21.6 Å². The maximum Gasteiger partial charge on any atom is 0.0721 e. The lowest BCUT2D eigenvalue weighted by Crippen LogP contribution is -2.19.